The number of para-hydroxylation sites is 1. The molecule has 0 bridgehead atoms. The number of aromatic nitrogens is 1. The van der Waals surface area contributed by atoms with Gasteiger partial charge in [0.05, 0.1) is 16.7 Å². The maximum Gasteiger partial charge on any atom is 0.0562 e. The minimum Gasteiger partial charge on any atom is -0.310 e. The van der Waals surface area contributed by atoms with Crippen LogP contribution in [-0.4, -0.2) is 4.57 Å². The third-order valence-corrected chi connectivity index (χ3v) is 10.8. The number of hydrogen-bond acceptors (Lipinski definition) is 1. The number of fused-ring (bicyclic) bond motifs is 3. The van der Waals surface area contributed by atoms with Crippen molar-refractivity contribution in [2.75, 3.05) is 4.90 Å². The quantitative estimate of drug-likeness (QED) is 0.152. The number of rotatable bonds is 8. The van der Waals surface area contributed by atoms with Gasteiger partial charge in [0.2, 0.25) is 0 Å². The second-order valence-corrected chi connectivity index (χ2v) is 14.2. The van der Waals surface area contributed by atoms with E-state index in [9.17, 15) is 0 Å². The van der Waals surface area contributed by atoms with Crippen LogP contribution in [0.5, 0.6) is 0 Å². The van der Waals surface area contributed by atoms with Gasteiger partial charge in [-0.2, -0.15) is 0 Å². The Morgan fingerprint density at radius 1 is 0.304 bits per heavy atom. The van der Waals surface area contributed by atoms with Gasteiger partial charge in [-0.25, -0.2) is 0 Å². The largest absolute Gasteiger partial charge is 0.310 e. The molecule has 0 aliphatic heterocycles. The second kappa shape index (κ2) is 14.4. The molecule has 0 spiro atoms. The minimum atomic E-state index is 1.08. The lowest BCUT2D eigenvalue weighted by Crippen LogP contribution is -2.11. The summed E-state index contributed by atoms with van der Waals surface area (Å²) in [6.45, 7) is 0. The van der Waals surface area contributed by atoms with E-state index in [4.69, 9.17) is 0 Å². The highest BCUT2D eigenvalue weighted by Gasteiger charge is 2.22. The van der Waals surface area contributed by atoms with Gasteiger partial charge >= 0.3 is 0 Å². The molecule has 2 heteroatoms. The first-order valence-corrected chi connectivity index (χ1v) is 19.2. The van der Waals surface area contributed by atoms with Crippen molar-refractivity contribution in [2.45, 2.75) is 0 Å². The first kappa shape index (κ1) is 33.2. The van der Waals surface area contributed by atoms with E-state index >= 15 is 0 Å². The van der Waals surface area contributed by atoms with Crippen molar-refractivity contribution >= 4 is 38.9 Å². The third-order valence-electron chi connectivity index (χ3n) is 10.8. The van der Waals surface area contributed by atoms with Crippen molar-refractivity contribution in [3.05, 3.63) is 231 Å². The van der Waals surface area contributed by atoms with Crippen LogP contribution in [0.1, 0.15) is 0 Å². The Bertz CT molecular complexity index is 2920. The van der Waals surface area contributed by atoms with Crippen LogP contribution in [0.15, 0.2) is 231 Å². The molecule has 0 amide bonds. The van der Waals surface area contributed by atoms with Crippen molar-refractivity contribution in [3.8, 4) is 50.2 Å². The summed E-state index contributed by atoms with van der Waals surface area (Å²) in [5, 5.41) is 2.47. The van der Waals surface area contributed by atoms with Crippen LogP contribution < -0.4 is 4.90 Å². The molecule has 1 aromatic heterocycles. The van der Waals surface area contributed by atoms with Gasteiger partial charge in [0.1, 0.15) is 0 Å². The molecular formula is C54H38N2. The number of nitrogens with zero attached hydrogens (tertiary/aromatic N) is 2. The molecule has 0 saturated carbocycles. The first-order chi connectivity index (χ1) is 27.8. The maximum absolute atomic E-state index is 2.43. The van der Waals surface area contributed by atoms with Crippen LogP contribution >= 0.6 is 0 Å². The molecule has 0 radical (unpaired) electrons. The predicted molar refractivity (Wildman–Crippen MR) is 237 cm³/mol. The molecule has 56 heavy (non-hydrogen) atoms. The fraction of sp³-hybridized carbons (Fsp3) is 0. The van der Waals surface area contributed by atoms with Crippen LogP contribution in [0, 0.1) is 0 Å². The van der Waals surface area contributed by atoms with E-state index < -0.39 is 0 Å². The van der Waals surface area contributed by atoms with Crippen LogP contribution in [0.25, 0.3) is 72.0 Å². The molecule has 0 unspecified atom stereocenters. The summed E-state index contributed by atoms with van der Waals surface area (Å²) in [6.07, 6.45) is 0. The zero-order valence-corrected chi connectivity index (χ0v) is 30.8. The molecule has 264 valence electrons. The topological polar surface area (TPSA) is 8.17 Å². The van der Waals surface area contributed by atoms with Crippen molar-refractivity contribution < 1.29 is 0 Å². The summed E-state index contributed by atoms with van der Waals surface area (Å²) in [4.78, 5) is 2.43. The molecule has 1 heterocycles. The van der Waals surface area contributed by atoms with Crippen molar-refractivity contribution in [1.82, 2.24) is 4.57 Å². The van der Waals surface area contributed by atoms with E-state index in [0.717, 1.165) is 39.4 Å². The molecule has 0 aliphatic carbocycles. The van der Waals surface area contributed by atoms with Gasteiger partial charge in [-0.05, 0) is 93.5 Å². The molecule has 0 N–H and O–H groups in total. The van der Waals surface area contributed by atoms with E-state index in [0.29, 0.717) is 0 Å². The summed E-state index contributed by atoms with van der Waals surface area (Å²) >= 11 is 0. The van der Waals surface area contributed by atoms with E-state index in [1.54, 1.807) is 0 Å². The van der Waals surface area contributed by atoms with Crippen molar-refractivity contribution in [3.63, 3.8) is 0 Å². The molecule has 10 aromatic rings. The highest BCUT2D eigenvalue weighted by Crippen LogP contribution is 2.46. The first-order valence-electron chi connectivity index (χ1n) is 19.2. The Morgan fingerprint density at radius 2 is 0.804 bits per heavy atom. The zero-order chi connectivity index (χ0) is 37.3. The zero-order valence-electron chi connectivity index (χ0n) is 30.8. The van der Waals surface area contributed by atoms with Crippen LogP contribution in [0.4, 0.5) is 17.1 Å². The highest BCUT2D eigenvalue weighted by molar-refractivity contribution is 6.16. The molecule has 9 aromatic carbocycles. The summed E-state index contributed by atoms with van der Waals surface area (Å²) in [7, 11) is 0. The molecular weight excluding hydrogens is 677 g/mol. The maximum atomic E-state index is 2.43. The lowest BCUT2D eigenvalue weighted by atomic mass is 9.96. The van der Waals surface area contributed by atoms with Crippen LogP contribution in [0.3, 0.4) is 0 Å². The lowest BCUT2D eigenvalue weighted by molar-refractivity contribution is 1.18. The number of anilines is 3. The molecule has 0 aliphatic rings. The summed E-state index contributed by atoms with van der Waals surface area (Å²) < 4.78 is 2.42. The fourth-order valence-electron chi connectivity index (χ4n) is 8.16. The molecule has 2 nitrogen and oxygen atoms in total. The molecule has 0 atom stereocenters. The van der Waals surface area contributed by atoms with Crippen molar-refractivity contribution in [2.24, 2.45) is 0 Å². The van der Waals surface area contributed by atoms with E-state index in [1.807, 2.05) is 0 Å². The molecule has 0 fully saturated rings. The average molecular weight is 715 g/mol. The summed E-state index contributed by atoms with van der Waals surface area (Å²) in [6, 6.07) is 83.1. The highest BCUT2D eigenvalue weighted by atomic mass is 15.1. The standard InChI is InChI=1S/C54H38N2/c1-6-17-39(18-7-1)41-29-32-46(33-30-41)55(51-36-31-44(40-19-8-2-9-20-40)37-50(51)43-23-12-4-13-24-43)47-34-35-49-53(38-47)56(45-25-14-5-15-26-45)52-28-16-27-48(54(49)52)42-21-10-3-11-22-42/h1-38H. The van der Waals surface area contributed by atoms with E-state index in [-0.39, 0.29) is 0 Å². The van der Waals surface area contributed by atoms with Crippen molar-refractivity contribution in [1.29, 1.82) is 0 Å². The monoisotopic (exact) mass is 714 g/mol. The van der Waals surface area contributed by atoms with Gasteiger partial charge in [0, 0.05) is 33.4 Å². The van der Waals surface area contributed by atoms with Crippen LogP contribution in [0.2, 0.25) is 0 Å². The smallest absolute Gasteiger partial charge is 0.0562 e. The minimum absolute atomic E-state index is 1.08. The van der Waals surface area contributed by atoms with Gasteiger partial charge in [-0.15, -0.1) is 0 Å². The van der Waals surface area contributed by atoms with Gasteiger partial charge in [0.25, 0.3) is 0 Å². The van der Waals surface area contributed by atoms with Gasteiger partial charge < -0.3 is 9.47 Å². The van der Waals surface area contributed by atoms with E-state index in [1.165, 1.54) is 49.7 Å². The average Bonchev–Trinajstić information content (AvgIpc) is 3.62. The SMILES string of the molecule is c1ccc(-c2ccc(N(c3ccc4c5c(-c6ccccc6)cccc5n(-c5ccccc5)c4c3)c3ccc(-c4ccccc4)cc3-c3ccccc3)cc2)cc1. The van der Waals surface area contributed by atoms with Gasteiger partial charge in [0.15, 0.2) is 0 Å². The van der Waals surface area contributed by atoms with Gasteiger partial charge in [-0.1, -0.05) is 176 Å². The lowest BCUT2D eigenvalue weighted by Gasteiger charge is -2.29. The Hall–Kier alpha value is -7.42. The van der Waals surface area contributed by atoms with Crippen LogP contribution in [-0.2, 0) is 0 Å². The Kier molecular flexibility index (Phi) is 8.55. The second-order valence-electron chi connectivity index (χ2n) is 14.2. The molecule has 0 saturated heterocycles. The van der Waals surface area contributed by atoms with Gasteiger partial charge in [-0.3, -0.25) is 0 Å². The Morgan fingerprint density at radius 3 is 1.43 bits per heavy atom. The van der Waals surface area contributed by atoms with E-state index in [2.05, 4.69) is 240 Å². The Labute approximate surface area is 327 Å². The third kappa shape index (κ3) is 6.04. The fourth-order valence-corrected chi connectivity index (χ4v) is 8.16. The number of benzene rings is 9. The summed E-state index contributed by atoms with van der Waals surface area (Å²) in [5.41, 5.74) is 16.3. The predicted octanol–water partition coefficient (Wildman–Crippen LogP) is 14.9. The molecule has 10 rings (SSSR count). The number of hydrogen-bond donors (Lipinski definition) is 0. The summed E-state index contributed by atoms with van der Waals surface area (Å²) in [5.74, 6) is 0. The Balaban J connectivity index is 1.24. The normalized spacial score (nSPS) is 11.2.